The fourth-order valence-corrected chi connectivity index (χ4v) is 1.46. The first-order chi connectivity index (χ1) is 6.76. The molecule has 0 saturated carbocycles. The summed E-state index contributed by atoms with van der Waals surface area (Å²) >= 11 is 3.36. The lowest BCUT2D eigenvalue weighted by Gasteiger charge is -2.14. The SMILES string of the molecule is CNC(COC)Cc1ccc(Br)cn1. The van der Waals surface area contributed by atoms with Crippen molar-refractivity contribution in [2.75, 3.05) is 20.8 Å². The molecular weight excluding hydrogens is 244 g/mol. The Hall–Kier alpha value is -0.450. The number of hydrogen-bond acceptors (Lipinski definition) is 3. The fraction of sp³-hybridized carbons (Fsp3) is 0.500. The molecule has 1 atom stereocenters. The minimum Gasteiger partial charge on any atom is -0.383 e. The van der Waals surface area contributed by atoms with Crippen LogP contribution in [0.15, 0.2) is 22.8 Å². The topological polar surface area (TPSA) is 34.1 Å². The van der Waals surface area contributed by atoms with Gasteiger partial charge in [-0.1, -0.05) is 0 Å². The maximum Gasteiger partial charge on any atom is 0.0619 e. The average Bonchev–Trinajstić information content (AvgIpc) is 2.20. The van der Waals surface area contributed by atoms with Gasteiger partial charge >= 0.3 is 0 Å². The minimum absolute atomic E-state index is 0.327. The molecule has 1 aromatic heterocycles. The maximum atomic E-state index is 5.09. The van der Waals surface area contributed by atoms with Crippen LogP contribution >= 0.6 is 15.9 Å². The summed E-state index contributed by atoms with van der Waals surface area (Å²) in [4.78, 5) is 4.31. The maximum absolute atomic E-state index is 5.09. The number of pyridine rings is 1. The fourth-order valence-electron chi connectivity index (χ4n) is 1.23. The largest absolute Gasteiger partial charge is 0.383 e. The van der Waals surface area contributed by atoms with Crippen molar-refractivity contribution >= 4 is 15.9 Å². The second kappa shape index (κ2) is 6.11. The molecule has 0 aliphatic heterocycles. The number of hydrogen-bond donors (Lipinski definition) is 1. The first-order valence-electron chi connectivity index (χ1n) is 4.53. The number of methoxy groups -OCH3 is 1. The first-order valence-corrected chi connectivity index (χ1v) is 5.32. The van der Waals surface area contributed by atoms with Crippen molar-refractivity contribution in [3.8, 4) is 0 Å². The molecule has 1 N–H and O–H groups in total. The van der Waals surface area contributed by atoms with Crippen molar-refractivity contribution in [3.63, 3.8) is 0 Å². The quantitative estimate of drug-likeness (QED) is 0.872. The van der Waals surface area contributed by atoms with Gasteiger partial charge in [-0.2, -0.15) is 0 Å². The number of rotatable bonds is 5. The molecule has 0 amide bonds. The van der Waals surface area contributed by atoms with Crippen molar-refractivity contribution in [1.29, 1.82) is 0 Å². The van der Waals surface area contributed by atoms with Gasteiger partial charge in [-0.05, 0) is 35.1 Å². The van der Waals surface area contributed by atoms with Crippen molar-refractivity contribution < 1.29 is 4.74 Å². The zero-order chi connectivity index (χ0) is 10.4. The molecular formula is C10H15BrN2O. The molecule has 0 radical (unpaired) electrons. The van der Waals surface area contributed by atoms with E-state index in [2.05, 4.69) is 26.2 Å². The Morgan fingerprint density at radius 2 is 2.36 bits per heavy atom. The summed E-state index contributed by atoms with van der Waals surface area (Å²) in [6, 6.07) is 4.35. The third-order valence-corrected chi connectivity index (χ3v) is 2.49. The lowest BCUT2D eigenvalue weighted by molar-refractivity contribution is 0.169. The van der Waals surface area contributed by atoms with Crippen LogP contribution < -0.4 is 5.32 Å². The second-order valence-corrected chi connectivity index (χ2v) is 4.03. The van der Waals surface area contributed by atoms with Crippen LogP contribution in [0.3, 0.4) is 0 Å². The normalized spacial score (nSPS) is 12.8. The van der Waals surface area contributed by atoms with E-state index in [9.17, 15) is 0 Å². The monoisotopic (exact) mass is 258 g/mol. The van der Waals surface area contributed by atoms with E-state index in [4.69, 9.17) is 4.74 Å². The van der Waals surface area contributed by atoms with Gasteiger partial charge in [-0.25, -0.2) is 0 Å². The molecule has 1 unspecified atom stereocenters. The summed E-state index contributed by atoms with van der Waals surface area (Å²) in [6.45, 7) is 0.703. The Kier molecular flexibility index (Phi) is 5.07. The molecule has 78 valence electrons. The van der Waals surface area contributed by atoms with E-state index in [0.29, 0.717) is 12.6 Å². The Labute approximate surface area is 93.0 Å². The third kappa shape index (κ3) is 3.74. The molecule has 0 spiro atoms. The summed E-state index contributed by atoms with van der Waals surface area (Å²) in [7, 11) is 3.64. The highest BCUT2D eigenvalue weighted by atomic mass is 79.9. The van der Waals surface area contributed by atoms with E-state index in [0.717, 1.165) is 16.6 Å². The average molecular weight is 259 g/mol. The van der Waals surface area contributed by atoms with Crippen LogP contribution in [0.5, 0.6) is 0 Å². The van der Waals surface area contributed by atoms with Crippen LogP contribution in [-0.2, 0) is 11.2 Å². The van der Waals surface area contributed by atoms with E-state index >= 15 is 0 Å². The lowest BCUT2D eigenvalue weighted by Crippen LogP contribution is -2.32. The predicted octanol–water partition coefficient (Wildman–Crippen LogP) is 1.62. The van der Waals surface area contributed by atoms with E-state index in [1.807, 2.05) is 25.4 Å². The Morgan fingerprint density at radius 3 is 2.86 bits per heavy atom. The molecule has 0 saturated heterocycles. The number of ether oxygens (including phenoxy) is 1. The summed E-state index contributed by atoms with van der Waals surface area (Å²) in [6.07, 6.45) is 2.70. The van der Waals surface area contributed by atoms with E-state index in [1.54, 1.807) is 7.11 Å². The van der Waals surface area contributed by atoms with Gasteiger partial charge in [-0.15, -0.1) is 0 Å². The third-order valence-electron chi connectivity index (χ3n) is 2.02. The molecule has 3 nitrogen and oxygen atoms in total. The Bertz CT molecular complexity index is 263. The number of nitrogens with one attached hydrogen (secondary N) is 1. The summed E-state index contributed by atoms with van der Waals surface area (Å²) < 4.78 is 6.10. The van der Waals surface area contributed by atoms with Gasteiger partial charge in [-0.3, -0.25) is 4.98 Å². The van der Waals surface area contributed by atoms with Crippen molar-refractivity contribution in [2.24, 2.45) is 0 Å². The highest BCUT2D eigenvalue weighted by molar-refractivity contribution is 9.10. The van der Waals surface area contributed by atoms with Gasteiger partial charge in [0.2, 0.25) is 0 Å². The molecule has 14 heavy (non-hydrogen) atoms. The Morgan fingerprint density at radius 1 is 1.57 bits per heavy atom. The first kappa shape index (κ1) is 11.6. The van der Waals surface area contributed by atoms with E-state index < -0.39 is 0 Å². The minimum atomic E-state index is 0.327. The van der Waals surface area contributed by atoms with Crippen LogP contribution in [-0.4, -0.2) is 31.8 Å². The second-order valence-electron chi connectivity index (χ2n) is 3.11. The molecule has 0 aliphatic rings. The molecule has 1 rings (SSSR count). The van der Waals surface area contributed by atoms with Gasteiger partial charge in [0.15, 0.2) is 0 Å². The van der Waals surface area contributed by atoms with Gasteiger partial charge < -0.3 is 10.1 Å². The molecule has 0 aromatic carbocycles. The van der Waals surface area contributed by atoms with Crippen molar-refractivity contribution in [3.05, 3.63) is 28.5 Å². The molecule has 1 heterocycles. The van der Waals surface area contributed by atoms with Crippen LogP contribution in [0, 0.1) is 0 Å². The highest BCUT2D eigenvalue weighted by Crippen LogP contribution is 2.08. The van der Waals surface area contributed by atoms with E-state index in [-0.39, 0.29) is 0 Å². The Balaban J connectivity index is 2.53. The smallest absolute Gasteiger partial charge is 0.0619 e. The summed E-state index contributed by atoms with van der Waals surface area (Å²) in [5.74, 6) is 0. The van der Waals surface area contributed by atoms with Crippen LogP contribution in [0.4, 0.5) is 0 Å². The number of likely N-dealkylation sites (N-methyl/N-ethyl adjacent to an activating group) is 1. The predicted molar refractivity (Wildman–Crippen MR) is 60.4 cm³/mol. The number of aromatic nitrogens is 1. The number of halogens is 1. The van der Waals surface area contributed by atoms with Crippen molar-refractivity contribution in [2.45, 2.75) is 12.5 Å². The van der Waals surface area contributed by atoms with Gasteiger partial charge in [0.05, 0.1) is 6.61 Å². The molecule has 1 aromatic rings. The lowest BCUT2D eigenvalue weighted by atomic mass is 10.1. The molecule has 0 fully saturated rings. The zero-order valence-electron chi connectivity index (χ0n) is 8.46. The van der Waals surface area contributed by atoms with E-state index in [1.165, 1.54) is 0 Å². The van der Waals surface area contributed by atoms with Crippen molar-refractivity contribution in [1.82, 2.24) is 10.3 Å². The molecule has 0 bridgehead atoms. The van der Waals surface area contributed by atoms with Crippen LogP contribution in [0.2, 0.25) is 0 Å². The summed E-state index contributed by atoms with van der Waals surface area (Å²) in [5, 5.41) is 3.19. The molecule has 4 heteroatoms. The number of nitrogens with zero attached hydrogens (tertiary/aromatic N) is 1. The van der Waals surface area contributed by atoms with Gasteiger partial charge in [0, 0.05) is 35.9 Å². The highest BCUT2D eigenvalue weighted by Gasteiger charge is 2.07. The van der Waals surface area contributed by atoms with Gasteiger partial charge in [0.25, 0.3) is 0 Å². The van der Waals surface area contributed by atoms with Crippen LogP contribution in [0.1, 0.15) is 5.69 Å². The molecule has 0 aliphatic carbocycles. The van der Waals surface area contributed by atoms with Crippen LogP contribution in [0.25, 0.3) is 0 Å². The summed E-state index contributed by atoms with van der Waals surface area (Å²) in [5.41, 5.74) is 1.07. The standard InChI is InChI=1S/C10H15BrN2O/c1-12-10(7-14-2)5-9-4-3-8(11)6-13-9/h3-4,6,10,12H,5,7H2,1-2H3. The van der Waals surface area contributed by atoms with Gasteiger partial charge in [0.1, 0.15) is 0 Å². The zero-order valence-corrected chi connectivity index (χ0v) is 10.0.